The first-order chi connectivity index (χ1) is 5.83. The van der Waals surface area contributed by atoms with Crippen LogP contribution in [-0.4, -0.2) is 6.29 Å². The lowest BCUT2D eigenvalue weighted by Crippen LogP contribution is -2.07. The quantitative estimate of drug-likeness (QED) is 0.590. The third kappa shape index (κ3) is 3.16. The van der Waals surface area contributed by atoms with E-state index in [1.165, 1.54) is 25.7 Å². The summed E-state index contributed by atoms with van der Waals surface area (Å²) in [4.78, 5) is 0. The molecule has 1 aliphatic rings. The second-order valence-corrected chi connectivity index (χ2v) is 3.26. The molecule has 0 amide bonds. The Morgan fingerprint density at radius 2 is 2.17 bits per heavy atom. The van der Waals surface area contributed by atoms with Crippen LogP contribution in [0, 0.1) is 0 Å². The van der Waals surface area contributed by atoms with Crippen LogP contribution in [0.5, 0.6) is 0 Å². The Balaban J connectivity index is 1.95. The van der Waals surface area contributed by atoms with E-state index in [0.29, 0.717) is 0 Å². The summed E-state index contributed by atoms with van der Waals surface area (Å²) in [6.07, 6.45) is 7.82. The molecule has 0 fully saturated rings. The fourth-order valence-electron chi connectivity index (χ4n) is 1.30. The van der Waals surface area contributed by atoms with E-state index >= 15 is 0 Å². The highest BCUT2D eigenvalue weighted by Gasteiger charge is 2.14. The Kier molecular flexibility index (Phi) is 3.98. The van der Waals surface area contributed by atoms with Crippen LogP contribution in [0.2, 0.25) is 0 Å². The summed E-state index contributed by atoms with van der Waals surface area (Å²) < 4.78 is 10.6. The number of rotatable bonds is 5. The Hall–Kier alpha value is -0.660. The minimum atomic E-state index is 0.00172. The maximum Gasteiger partial charge on any atom is 0.240 e. The Morgan fingerprint density at radius 1 is 1.33 bits per heavy atom. The number of hydrogen-bond acceptors (Lipinski definition) is 2. The van der Waals surface area contributed by atoms with Gasteiger partial charge in [0.05, 0.1) is 0 Å². The second-order valence-electron chi connectivity index (χ2n) is 3.26. The Morgan fingerprint density at radius 3 is 2.75 bits per heavy atom. The monoisotopic (exact) mass is 170 g/mol. The highest BCUT2D eigenvalue weighted by Crippen LogP contribution is 2.18. The molecule has 0 aromatic heterocycles. The molecule has 70 valence electrons. The Bertz CT molecular complexity index is 152. The fraction of sp³-hybridized carbons (Fsp3) is 0.800. The number of unbranched alkanes of at least 4 members (excludes halogenated alkanes) is 3. The summed E-state index contributed by atoms with van der Waals surface area (Å²) in [5.74, 6) is 0.899. The normalized spacial score (nSPS) is 21.5. The van der Waals surface area contributed by atoms with Crippen molar-refractivity contribution >= 4 is 0 Å². The predicted octanol–water partition coefficient (Wildman–Crippen LogP) is 3.19. The van der Waals surface area contributed by atoms with Gasteiger partial charge in [0.2, 0.25) is 6.29 Å². The van der Waals surface area contributed by atoms with Crippen LogP contribution in [0.3, 0.4) is 0 Å². The summed E-state index contributed by atoms with van der Waals surface area (Å²) in [7, 11) is 0. The largest absolute Gasteiger partial charge is 0.459 e. The molecule has 2 nitrogen and oxygen atoms in total. The summed E-state index contributed by atoms with van der Waals surface area (Å²) in [6.45, 7) is 4.14. The van der Waals surface area contributed by atoms with Crippen molar-refractivity contribution in [2.75, 3.05) is 0 Å². The van der Waals surface area contributed by atoms with Gasteiger partial charge in [0.1, 0.15) is 12.0 Å². The summed E-state index contributed by atoms with van der Waals surface area (Å²) in [5, 5.41) is 0. The molecule has 1 heterocycles. The molecular formula is C10H18O2. The van der Waals surface area contributed by atoms with Gasteiger partial charge in [0.25, 0.3) is 0 Å². The van der Waals surface area contributed by atoms with Crippen LogP contribution in [-0.2, 0) is 9.47 Å². The van der Waals surface area contributed by atoms with Crippen LogP contribution in [0.1, 0.15) is 46.0 Å². The summed E-state index contributed by atoms with van der Waals surface area (Å²) in [5.41, 5.74) is 0. The molecule has 1 unspecified atom stereocenters. The molecule has 0 aromatic carbocycles. The van der Waals surface area contributed by atoms with Crippen molar-refractivity contribution in [3.05, 3.63) is 12.0 Å². The van der Waals surface area contributed by atoms with Gasteiger partial charge in [0, 0.05) is 6.42 Å². The van der Waals surface area contributed by atoms with E-state index in [9.17, 15) is 0 Å². The van der Waals surface area contributed by atoms with Gasteiger partial charge in [-0.3, -0.25) is 0 Å². The maximum absolute atomic E-state index is 5.38. The maximum atomic E-state index is 5.38. The van der Waals surface area contributed by atoms with Crippen LogP contribution in [0.25, 0.3) is 0 Å². The zero-order valence-electron chi connectivity index (χ0n) is 8.01. The molecule has 0 radical (unpaired) electrons. The number of allylic oxidation sites excluding steroid dienone is 1. The fourth-order valence-corrected chi connectivity index (χ4v) is 1.30. The molecule has 12 heavy (non-hydrogen) atoms. The first-order valence-electron chi connectivity index (χ1n) is 4.82. The summed E-state index contributed by atoms with van der Waals surface area (Å²) >= 11 is 0. The first kappa shape index (κ1) is 9.43. The molecule has 0 spiro atoms. The average molecular weight is 170 g/mol. The van der Waals surface area contributed by atoms with E-state index in [0.717, 1.165) is 12.2 Å². The van der Waals surface area contributed by atoms with Crippen LogP contribution in [0.4, 0.5) is 0 Å². The first-order valence-corrected chi connectivity index (χ1v) is 4.82. The molecular weight excluding hydrogens is 152 g/mol. The van der Waals surface area contributed by atoms with Crippen molar-refractivity contribution in [3.63, 3.8) is 0 Å². The van der Waals surface area contributed by atoms with Crippen LogP contribution >= 0.6 is 0 Å². The van der Waals surface area contributed by atoms with Crippen molar-refractivity contribution in [1.82, 2.24) is 0 Å². The third-order valence-electron chi connectivity index (χ3n) is 2.00. The minimum Gasteiger partial charge on any atom is -0.459 e. The lowest BCUT2D eigenvalue weighted by Gasteiger charge is -2.10. The Labute approximate surface area is 74.6 Å². The van der Waals surface area contributed by atoms with Gasteiger partial charge in [-0.2, -0.15) is 0 Å². The topological polar surface area (TPSA) is 18.5 Å². The van der Waals surface area contributed by atoms with E-state index in [4.69, 9.17) is 9.47 Å². The number of ether oxygens (including phenoxy) is 2. The molecule has 0 aromatic rings. The van der Waals surface area contributed by atoms with Crippen molar-refractivity contribution in [2.45, 2.75) is 52.2 Å². The van der Waals surface area contributed by atoms with Crippen molar-refractivity contribution in [2.24, 2.45) is 0 Å². The summed E-state index contributed by atoms with van der Waals surface area (Å²) in [6, 6.07) is 0. The second kappa shape index (κ2) is 5.07. The van der Waals surface area contributed by atoms with Gasteiger partial charge < -0.3 is 9.47 Å². The SMILES string of the molecule is CCCCCCC1OC=C(C)O1. The molecule has 0 aliphatic carbocycles. The van der Waals surface area contributed by atoms with Gasteiger partial charge in [-0.05, 0) is 13.3 Å². The number of hydrogen-bond donors (Lipinski definition) is 0. The highest BCUT2D eigenvalue weighted by molar-refractivity contribution is 4.86. The molecule has 1 rings (SSSR count). The van der Waals surface area contributed by atoms with E-state index < -0.39 is 0 Å². The third-order valence-corrected chi connectivity index (χ3v) is 2.00. The van der Waals surface area contributed by atoms with Crippen molar-refractivity contribution in [1.29, 1.82) is 0 Å². The average Bonchev–Trinajstić information content (AvgIpc) is 2.45. The van der Waals surface area contributed by atoms with E-state index in [1.807, 2.05) is 6.92 Å². The molecule has 0 saturated carbocycles. The predicted molar refractivity (Wildman–Crippen MR) is 48.5 cm³/mol. The molecule has 0 saturated heterocycles. The molecule has 2 heteroatoms. The lowest BCUT2D eigenvalue weighted by atomic mass is 10.1. The van der Waals surface area contributed by atoms with Gasteiger partial charge in [-0.15, -0.1) is 0 Å². The molecule has 0 bridgehead atoms. The molecule has 1 aliphatic heterocycles. The van der Waals surface area contributed by atoms with E-state index in [-0.39, 0.29) is 6.29 Å². The molecule has 1 atom stereocenters. The molecule has 0 N–H and O–H groups in total. The van der Waals surface area contributed by atoms with E-state index in [2.05, 4.69) is 6.92 Å². The van der Waals surface area contributed by atoms with Gasteiger partial charge in [0.15, 0.2) is 0 Å². The zero-order valence-corrected chi connectivity index (χ0v) is 8.01. The van der Waals surface area contributed by atoms with Crippen molar-refractivity contribution in [3.8, 4) is 0 Å². The van der Waals surface area contributed by atoms with Crippen LogP contribution < -0.4 is 0 Å². The standard InChI is InChI=1S/C10H18O2/c1-3-4-5-6-7-10-11-8-9(2)12-10/h8,10H,3-7H2,1-2H3. The van der Waals surface area contributed by atoms with Crippen molar-refractivity contribution < 1.29 is 9.47 Å². The van der Waals surface area contributed by atoms with Gasteiger partial charge >= 0.3 is 0 Å². The van der Waals surface area contributed by atoms with E-state index in [1.54, 1.807) is 6.26 Å². The highest BCUT2D eigenvalue weighted by atomic mass is 16.7. The smallest absolute Gasteiger partial charge is 0.240 e. The lowest BCUT2D eigenvalue weighted by molar-refractivity contribution is -0.0375. The zero-order chi connectivity index (χ0) is 8.81. The van der Waals surface area contributed by atoms with Gasteiger partial charge in [-0.25, -0.2) is 0 Å². The van der Waals surface area contributed by atoms with Gasteiger partial charge in [-0.1, -0.05) is 26.2 Å². The van der Waals surface area contributed by atoms with Crippen LogP contribution in [0.15, 0.2) is 12.0 Å². The minimum absolute atomic E-state index is 0.00172.